The minimum atomic E-state index is -1.30. The van der Waals surface area contributed by atoms with Gasteiger partial charge in [0.2, 0.25) is 5.91 Å². The predicted octanol–water partition coefficient (Wildman–Crippen LogP) is -1.81. The van der Waals surface area contributed by atoms with Crippen molar-refractivity contribution >= 4 is 17.5 Å². The number of rotatable bonds is 5. The van der Waals surface area contributed by atoms with Crippen molar-refractivity contribution in [3.05, 3.63) is 0 Å². The van der Waals surface area contributed by atoms with Gasteiger partial charge < -0.3 is 30.1 Å². The normalized spacial score (nSPS) is 36.4. The Morgan fingerprint density at radius 1 is 1.44 bits per heavy atom. The van der Waals surface area contributed by atoms with E-state index in [1.165, 1.54) is 6.92 Å². The average molecular weight is 284 g/mol. The van der Waals surface area contributed by atoms with Gasteiger partial charge >= 0.3 is 0 Å². The van der Waals surface area contributed by atoms with E-state index in [1.807, 2.05) is 0 Å². The Bertz CT molecular complexity index is 279. The number of carbonyl (C=O) groups is 1. The first-order chi connectivity index (χ1) is 8.51. The lowest BCUT2D eigenvalue weighted by Gasteiger charge is -2.42. The monoisotopic (exact) mass is 283 g/mol. The third kappa shape index (κ3) is 3.78. The Morgan fingerprint density at radius 3 is 2.61 bits per heavy atom. The number of aliphatic hydroxyl groups excluding tert-OH is 3. The second kappa shape index (κ2) is 7.22. The van der Waals surface area contributed by atoms with Crippen LogP contribution in [0.1, 0.15) is 6.92 Å². The van der Waals surface area contributed by atoms with Crippen molar-refractivity contribution in [2.75, 3.05) is 19.1 Å². The van der Waals surface area contributed by atoms with Crippen molar-refractivity contribution in [2.45, 2.75) is 37.6 Å². The quantitative estimate of drug-likeness (QED) is 0.443. The van der Waals surface area contributed by atoms with Crippen LogP contribution in [0.5, 0.6) is 0 Å². The molecule has 1 heterocycles. The van der Waals surface area contributed by atoms with Gasteiger partial charge in [-0.15, -0.1) is 11.6 Å². The largest absolute Gasteiger partial charge is 0.394 e. The number of hydrogen-bond acceptors (Lipinski definition) is 6. The Hall–Kier alpha value is -0.440. The van der Waals surface area contributed by atoms with E-state index in [9.17, 15) is 15.0 Å². The SMILES string of the molecule is CC(=O)N[C@@H]1[C@@H](OCCCl)O[C@H](CO)[C@H](O)[C@@H]1O. The number of aliphatic hydroxyl groups is 3. The molecule has 1 amide bonds. The first-order valence-electron chi connectivity index (χ1n) is 5.58. The van der Waals surface area contributed by atoms with Gasteiger partial charge in [-0.25, -0.2) is 0 Å². The van der Waals surface area contributed by atoms with Gasteiger partial charge in [0.15, 0.2) is 6.29 Å². The van der Waals surface area contributed by atoms with Crippen LogP contribution in [-0.2, 0) is 14.3 Å². The lowest BCUT2D eigenvalue weighted by Crippen LogP contribution is -2.64. The van der Waals surface area contributed by atoms with Crippen LogP contribution in [0.2, 0.25) is 0 Å². The maximum absolute atomic E-state index is 11.0. The van der Waals surface area contributed by atoms with Crippen molar-refractivity contribution in [3.8, 4) is 0 Å². The summed E-state index contributed by atoms with van der Waals surface area (Å²) in [5, 5.41) is 31.1. The molecule has 0 saturated carbocycles. The molecule has 4 N–H and O–H groups in total. The molecular formula is C10H18ClNO6. The molecule has 1 fully saturated rings. The minimum absolute atomic E-state index is 0.156. The molecule has 1 aliphatic rings. The van der Waals surface area contributed by atoms with Crippen LogP contribution in [0.4, 0.5) is 0 Å². The Kier molecular flexibility index (Phi) is 6.27. The molecule has 7 nitrogen and oxygen atoms in total. The highest BCUT2D eigenvalue weighted by atomic mass is 35.5. The zero-order valence-electron chi connectivity index (χ0n) is 9.95. The molecule has 8 heteroatoms. The molecule has 0 aliphatic carbocycles. The van der Waals surface area contributed by atoms with E-state index < -0.39 is 43.2 Å². The van der Waals surface area contributed by atoms with E-state index in [4.69, 9.17) is 26.2 Å². The summed E-state index contributed by atoms with van der Waals surface area (Å²) in [6, 6.07) is -0.913. The fourth-order valence-corrected chi connectivity index (χ4v) is 1.86. The molecule has 1 aliphatic heterocycles. The molecule has 1 rings (SSSR count). The summed E-state index contributed by atoms with van der Waals surface area (Å²) in [6.45, 7) is 0.963. The number of nitrogens with one attached hydrogen (secondary N) is 1. The predicted molar refractivity (Wildman–Crippen MR) is 62.0 cm³/mol. The van der Waals surface area contributed by atoms with Crippen LogP contribution in [0.25, 0.3) is 0 Å². The first kappa shape index (κ1) is 15.6. The standard InChI is InChI=1S/C10H18ClNO6/c1-5(14)12-7-9(16)8(15)6(4-13)18-10(7)17-3-2-11/h6-10,13,15-16H,2-4H2,1H3,(H,12,14)/t6-,7+,8+,9-,10+/m1/s1. The van der Waals surface area contributed by atoms with Crippen molar-refractivity contribution in [1.29, 1.82) is 0 Å². The Labute approximate surface area is 110 Å². The van der Waals surface area contributed by atoms with E-state index in [0.29, 0.717) is 0 Å². The zero-order chi connectivity index (χ0) is 13.7. The molecule has 0 radical (unpaired) electrons. The van der Waals surface area contributed by atoms with Gasteiger partial charge in [0, 0.05) is 12.8 Å². The van der Waals surface area contributed by atoms with Gasteiger partial charge in [0.05, 0.1) is 13.2 Å². The van der Waals surface area contributed by atoms with E-state index in [-0.39, 0.29) is 12.5 Å². The number of carbonyl (C=O) groups excluding carboxylic acids is 1. The van der Waals surface area contributed by atoms with Crippen LogP contribution in [0.3, 0.4) is 0 Å². The van der Waals surface area contributed by atoms with Gasteiger partial charge in [-0.05, 0) is 0 Å². The second-order valence-corrected chi connectivity index (χ2v) is 4.37. The molecule has 0 aromatic rings. The molecule has 5 atom stereocenters. The summed E-state index contributed by atoms with van der Waals surface area (Å²) < 4.78 is 10.5. The Morgan fingerprint density at radius 2 is 2.11 bits per heavy atom. The summed E-state index contributed by atoms with van der Waals surface area (Å²) >= 11 is 5.48. The molecule has 18 heavy (non-hydrogen) atoms. The van der Waals surface area contributed by atoms with Gasteiger partial charge in [-0.2, -0.15) is 0 Å². The lowest BCUT2D eigenvalue weighted by molar-refractivity contribution is -0.268. The molecule has 0 aromatic heterocycles. The van der Waals surface area contributed by atoms with Crippen LogP contribution in [0, 0.1) is 0 Å². The topological polar surface area (TPSA) is 108 Å². The lowest BCUT2D eigenvalue weighted by atomic mass is 9.97. The maximum atomic E-state index is 11.0. The number of halogens is 1. The number of amides is 1. The highest BCUT2D eigenvalue weighted by Gasteiger charge is 2.45. The fraction of sp³-hybridized carbons (Fsp3) is 0.900. The summed E-state index contributed by atoms with van der Waals surface area (Å²) in [5.41, 5.74) is 0. The van der Waals surface area contributed by atoms with Crippen molar-refractivity contribution < 1.29 is 29.6 Å². The first-order valence-corrected chi connectivity index (χ1v) is 6.11. The van der Waals surface area contributed by atoms with Crippen LogP contribution < -0.4 is 5.32 Å². The third-order valence-electron chi connectivity index (χ3n) is 2.61. The molecule has 106 valence electrons. The van der Waals surface area contributed by atoms with Gasteiger partial charge in [-0.1, -0.05) is 0 Å². The van der Waals surface area contributed by atoms with E-state index in [0.717, 1.165) is 0 Å². The Balaban J connectivity index is 2.76. The average Bonchev–Trinajstić information content (AvgIpc) is 2.33. The van der Waals surface area contributed by atoms with E-state index in [2.05, 4.69) is 5.32 Å². The number of ether oxygens (including phenoxy) is 2. The van der Waals surface area contributed by atoms with Crippen LogP contribution >= 0.6 is 11.6 Å². The van der Waals surface area contributed by atoms with Crippen LogP contribution in [0.15, 0.2) is 0 Å². The molecule has 0 spiro atoms. The van der Waals surface area contributed by atoms with Gasteiger partial charge in [-0.3, -0.25) is 4.79 Å². The maximum Gasteiger partial charge on any atom is 0.217 e. The summed E-state index contributed by atoms with van der Waals surface area (Å²) in [6.07, 6.45) is -4.53. The smallest absolute Gasteiger partial charge is 0.217 e. The third-order valence-corrected chi connectivity index (χ3v) is 2.76. The summed E-state index contributed by atoms with van der Waals surface area (Å²) in [7, 11) is 0. The highest BCUT2D eigenvalue weighted by molar-refractivity contribution is 6.17. The van der Waals surface area contributed by atoms with E-state index in [1.54, 1.807) is 0 Å². The molecule has 0 unspecified atom stereocenters. The van der Waals surface area contributed by atoms with Crippen molar-refractivity contribution in [1.82, 2.24) is 5.32 Å². The van der Waals surface area contributed by atoms with Crippen molar-refractivity contribution in [2.24, 2.45) is 0 Å². The molecule has 0 bridgehead atoms. The zero-order valence-corrected chi connectivity index (χ0v) is 10.7. The molecule has 1 saturated heterocycles. The van der Waals surface area contributed by atoms with Gasteiger partial charge in [0.1, 0.15) is 24.4 Å². The van der Waals surface area contributed by atoms with E-state index >= 15 is 0 Å². The summed E-state index contributed by atoms with van der Waals surface area (Å²) in [4.78, 5) is 11.0. The minimum Gasteiger partial charge on any atom is -0.394 e. The van der Waals surface area contributed by atoms with Crippen LogP contribution in [-0.4, -0.2) is 71.0 Å². The van der Waals surface area contributed by atoms with Crippen molar-refractivity contribution in [3.63, 3.8) is 0 Å². The summed E-state index contributed by atoms with van der Waals surface area (Å²) in [5.74, 6) is -0.175. The number of hydrogen-bond donors (Lipinski definition) is 4. The highest BCUT2D eigenvalue weighted by Crippen LogP contribution is 2.22. The molecular weight excluding hydrogens is 266 g/mol. The number of alkyl halides is 1. The van der Waals surface area contributed by atoms with Gasteiger partial charge in [0.25, 0.3) is 0 Å². The second-order valence-electron chi connectivity index (χ2n) is 3.99. The molecule has 0 aromatic carbocycles. The fourth-order valence-electron chi connectivity index (χ4n) is 1.77.